The lowest BCUT2D eigenvalue weighted by Gasteiger charge is -2.34. The van der Waals surface area contributed by atoms with Crippen molar-refractivity contribution in [1.82, 2.24) is 25.3 Å². The smallest absolute Gasteiger partial charge is 0.269 e. The summed E-state index contributed by atoms with van der Waals surface area (Å²) in [5.74, 6) is 0.539. The van der Waals surface area contributed by atoms with Crippen LogP contribution in [-0.2, 0) is 10.6 Å². The average Bonchev–Trinajstić information content (AvgIpc) is 3.12. The van der Waals surface area contributed by atoms with Gasteiger partial charge in [-0.25, -0.2) is 9.67 Å². The Hall–Kier alpha value is -2.87. The minimum Gasteiger partial charge on any atom is -0.460 e. The van der Waals surface area contributed by atoms with E-state index in [2.05, 4.69) is 20.7 Å². The predicted molar refractivity (Wildman–Crippen MR) is 99.4 cm³/mol. The number of aryl methyl sites for hydroxylation is 3. The molecular formula is C18H24N6O2. The summed E-state index contributed by atoms with van der Waals surface area (Å²) in [6.45, 7) is 5.99. The predicted octanol–water partition coefficient (Wildman–Crippen LogP) is 1.36. The van der Waals surface area contributed by atoms with Crippen molar-refractivity contribution >= 4 is 17.9 Å². The standard InChI is InChI=1S/C18H24N6O2/c1-12-10-13(2)24(22-12)16-8-9-19-18(20-16,15-7-6-14(3)26-15)21-17(25)11-23(4)5/h6-10,20H,11H2,1-5H3,(H,21,25). The summed E-state index contributed by atoms with van der Waals surface area (Å²) in [5, 5.41) is 10.7. The van der Waals surface area contributed by atoms with Gasteiger partial charge in [-0.3, -0.25) is 4.79 Å². The van der Waals surface area contributed by atoms with Crippen LogP contribution in [0.5, 0.6) is 0 Å². The van der Waals surface area contributed by atoms with Crippen molar-refractivity contribution in [3.8, 4) is 0 Å². The number of allylic oxidation sites excluding steroid dienone is 1. The zero-order valence-corrected chi connectivity index (χ0v) is 15.7. The number of carbonyl (C=O) groups excluding carboxylic acids is 1. The number of amides is 1. The Morgan fingerprint density at radius 3 is 2.69 bits per heavy atom. The lowest BCUT2D eigenvalue weighted by atomic mass is 10.2. The molecular weight excluding hydrogens is 332 g/mol. The quantitative estimate of drug-likeness (QED) is 0.845. The fourth-order valence-corrected chi connectivity index (χ4v) is 2.88. The monoisotopic (exact) mass is 356 g/mol. The van der Waals surface area contributed by atoms with Crippen molar-refractivity contribution in [1.29, 1.82) is 0 Å². The molecule has 8 heteroatoms. The van der Waals surface area contributed by atoms with Gasteiger partial charge >= 0.3 is 0 Å². The van der Waals surface area contributed by atoms with Crippen LogP contribution in [0.3, 0.4) is 0 Å². The topological polar surface area (TPSA) is 87.7 Å². The van der Waals surface area contributed by atoms with Crippen LogP contribution in [0.25, 0.3) is 5.82 Å². The van der Waals surface area contributed by atoms with Crippen molar-refractivity contribution in [3.05, 3.63) is 47.2 Å². The van der Waals surface area contributed by atoms with Gasteiger partial charge in [-0.1, -0.05) is 0 Å². The third-order valence-electron chi connectivity index (χ3n) is 3.92. The van der Waals surface area contributed by atoms with E-state index < -0.39 is 5.79 Å². The van der Waals surface area contributed by atoms with Crippen LogP contribution in [0.1, 0.15) is 22.9 Å². The summed E-state index contributed by atoms with van der Waals surface area (Å²) in [6, 6.07) is 5.63. The maximum atomic E-state index is 12.5. The molecule has 3 heterocycles. The van der Waals surface area contributed by atoms with Gasteiger partial charge in [0.1, 0.15) is 11.6 Å². The van der Waals surface area contributed by atoms with Crippen LogP contribution in [0.15, 0.2) is 33.7 Å². The molecule has 1 atom stereocenters. The molecule has 0 fully saturated rings. The minimum atomic E-state index is -1.22. The van der Waals surface area contributed by atoms with Gasteiger partial charge in [0.05, 0.1) is 12.2 Å². The molecule has 1 amide bonds. The number of hydrogen-bond acceptors (Lipinski definition) is 6. The van der Waals surface area contributed by atoms with E-state index in [9.17, 15) is 4.79 Å². The van der Waals surface area contributed by atoms with Crippen LogP contribution < -0.4 is 10.6 Å². The summed E-state index contributed by atoms with van der Waals surface area (Å²) in [6.07, 6.45) is 3.46. The molecule has 1 unspecified atom stereocenters. The maximum absolute atomic E-state index is 12.5. The van der Waals surface area contributed by atoms with Crippen molar-refractivity contribution < 1.29 is 9.21 Å². The highest BCUT2D eigenvalue weighted by molar-refractivity contribution is 5.83. The molecule has 1 aliphatic rings. The van der Waals surface area contributed by atoms with E-state index in [1.54, 1.807) is 21.9 Å². The number of rotatable bonds is 5. The molecule has 138 valence electrons. The molecule has 2 aromatic rings. The van der Waals surface area contributed by atoms with Gasteiger partial charge in [0.15, 0.2) is 5.76 Å². The number of hydrogen-bond donors (Lipinski definition) is 2. The Morgan fingerprint density at radius 1 is 1.35 bits per heavy atom. The average molecular weight is 356 g/mol. The summed E-state index contributed by atoms with van der Waals surface area (Å²) >= 11 is 0. The highest BCUT2D eigenvalue weighted by Crippen LogP contribution is 2.27. The van der Waals surface area contributed by atoms with Gasteiger partial charge in [0.2, 0.25) is 5.91 Å². The fourth-order valence-electron chi connectivity index (χ4n) is 2.88. The molecule has 0 aliphatic carbocycles. The van der Waals surface area contributed by atoms with Gasteiger partial charge in [0.25, 0.3) is 5.79 Å². The molecule has 3 rings (SSSR count). The van der Waals surface area contributed by atoms with Crippen LogP contribution in [0, 0.1) is 20.8 Å². The molecule has 0 radical (unpaired) electrons. The second kappa shape index (κ2) is 6.80. The van der Waals surface area contributed by atoms with E-state index in [0.717, 1.165) is 17.1 Å². The molecule has 0 aromatic carbocycles. The SMILES string of the molecule is Cc1cc(C)n(C2=CC=NC(NC(=O)CN(C)C)(c3ccc(C)o3)N2)n1. The van der Waals surface area contributed by atoms with Gasteiger partial charge < -0.3 is 20.0 Å². The number of nitrogens with one attached hydrogen (secondary N) is 2. The maximum Gasteiger partial charge on any atom is 0.269 e. The summed E-state index contributed by atoms with van der Waals surface area (Å²) < 4.78 is 7.57. The molecule has 2 aromatic heterocycles. The van der Waals surface area contributed by atoms with Crippen molar-refractivity contribution in [2.75, 3.05) is 20.6 Å². The number of furan rings is 1. The third kappa shape index (κ3) is 3.55. The number of aromatic nitrogens is 2. The number of likely N-dealkylation sites (N-methyl/N-ethyl adjacent to an activating group) is 1. The molecule has 0 saturated heterocycles. The molecule has 2 N–H and O–H groups in total. The molecule has 0 saturated carbocycles. The molecule has 1 aliphatic heterocycles. The van der Waals surface area contributed by atoms with Gasteiger partial charge in [-0.2, -0.15) is 5.10 Å². The second-order valence-corrected chi connectivity index (χ2v) is 6.70. The van der Waals surface area contributed by atoms with Crippen LogP contribution in [-0.4, -0.2) is 47.4 Å². The molecule has 0 bridgehead atoms. The van der Waals surface area contributed by atoms with Gasteiger partial charge in [-0.05, 0) is 59.1 Å². The van der Waals surface area contributed by atoms with E-state index in [4.69, 9.17) is 4.42 Å². The van der Waals surface area contributed by atoms with E-state index >= 15 is 0 Å². The van der Waals surface area contributed by atoms with Crippen molar-refractivity contribution in [3.63, 3.8) is 0 Å². The molecule has 8 nitrogen and oxygen atoms in total. The highest BCUT2D eigenvalue weighted by Gasteiger charge is 2.39. The van der Waals surface area contributed by atoms with Crippen molar-refractivity contribution in [2.24, 2.45) is 4.99 Å². The van der Waals surface area contributed by atoms with Gasteiger partial charge in [0, 0.05) is 11.9 Å². The first-order valence-electron chi connectivity index (χ1n) is 8.39. The largest absolute Gasteiger partial charge is 0.460 e. The Kier molecular flexibility index (Phi) is 4.69. The Labute approximate surface area is 152 Å². The van der Waals surface area contributed by atoms with Crippen LogP contribution in [0.4, 0.5) is 0 Å². The Balaban J connectivity index is 1.97. The normalized spacial score (nSPS) is 19.4. The summed E-state index contributed by atoms with van der Waals surface area (Å²) in [7, 11) is 3.67. The lowest BCUT2D eigenvalue weighted by molar-refractivity contribution is -0.124. The first kappa shape index (κ1) is 17.9. The summed E-state index contributed by atoms with van der Waals surface area (Å²) in [4.78, 5) is 18.8. The first-order chi connectivity index (χ1) is 12.3. The molecule has 26 heavy (non-hydrogen) atoms. The van der Waals surface area contributed by atoms with Gasteiger partial charge in [-0.15, -0.1) is 0 Å². The minimum absolute atomic E-state index is 0.177. The Bertz CT molecular complexity index is 876. The lowest BCUT2D eigenvalue weighted by Crippen LogP contribution is -2.57. The van der Waals surface area contributed by atoms with Crippen molar-refractivity contribution in [2.45, 2.75) is 26.6 Å². The Morgan fingerprint density at radius 2 is 2.12 bits per heavy atom. The van der Waals surface area contributed by atoms with Crippen LogP contribution >= 0.6 is 0 Å². The third-order valence-corrected chi connectivity index (χ3v) is 3.92. The summed E-state index contributed by atoms with van der Waals surface area (Å²) in [5.41, 5.74) is 1.88. The zero-order valence-electron chi connectivity index (χ0n) is 15.7. The molecule has 0 spiro atoms. The fraction of sp³-hybridized carbons (Fsp3) is 0.389. The van der Waals surface area contributed by atoms with Crippen LogP contribution in [0.2, 0.25) is 0 Å². The van der Waals surface area contributed by atoms with E-state index in [1.807, 2.05) is 53.1 Å². The van der Waals surface area contributed by atoms with E-state index in [0.29, 0.717) is 11.6 Å². The van der Waals surface area contributed by atoms with E-state index in [-0.39, 0.29) is 12.5 Å². The number of carbonyl (C=O) groups is 1. The second-order valence-electron chi connectivity index (χ2n) is 6.70. The van der Waals surface area contributed by atoms with E-state index in [1.165, 1.54) is 0 Å². The first-order valence-corrected chi connectivity index (χ1v) is 8.39. The number of aliphatic imine (C=N–C) groups is 1. The zero-order chi connectivity index (χ0) is 18.9. The highest BCUT2D eigenvalue weighted by atomic mass is 16.3. The number of nitrogens with zero attached hydrogens (tertiary/aromatic N) is 4.